The molecule has 90 valence electrons. The lowest BCUT2D eigenvalue weighted by Gasteiger charge is -2.07. The number of nitrogens with zero attached hydrogens (tertiary/aromatic N) is 2. The second-order valence-corrected chi connectivity index (χ2v) is 4.73. The lowest BCUT2D eigenvalue weighted by atomic mass is 10.3. The Hall–Kier alpha value is -1.49. The molecule has 0 amide bonds. The maximum atomic E-state index is 5.85. The fourth-order valence-electron chi connectivity index (χ4n) is 1.50. The second kappa shape index (κ2) is 4.79. The second-order valence-electron chi connectivity index (χ2n) is 3.81. The van der Waals surface area contributed by atoms with Gasteiger partial charge in [-0.3, -0.25) is 0 Å². The number of hydrogen-bond acceptors (Lipinski definition) is 3. The predicted octanol–water partition coefficient (Wildman–Crippen LogP) is 2.88. The topological polar surface area (TPSA) is 53.1 Å². The fraction of sp³-hybridized carbons (Fsp3) is 0.250. The molecule has 5 heteroatoms. The molecule has 0 saturated heterocycles. The Morgan fingerprint density at radius 2 is 1.94 bits per heavy atom. The van der Waals surface area contributed by atoms with Gasteiger partial charge in [-0.05, 0) is 38.1 Å². The van der Waals surface area contributed by atoms with Crippen LogP contribution < -0.4 is 10.5 Å². The maximum Gasteiger partial charge on any atom is 0.181 e. The summed E-state index contributed by atoms with van der Waals surface area (Å²) in [5.74, 6) is 0.805. The van der Waals surface area contributed by atoms with Crippen LogP contribution in [0.4, 0.5) is 5.69 Å². The number of nitrogens with two attached hydrogens (primary N) is 1. The van der Waals surface area contributed by atoms with E-state index in [9.17, 15) is 0 Å². The van der Waals surface area contributed by atoms with E-state index in [0.29, 0.717) is 6.73 Å². The van der Waals surface area contributed by atoms with E-state index in [1.807, 2.05) is 38.1 Å². The van der Waals surface area contributed by atoms with Crippen LogP contribution in [0.3, 0.4) is 0 Å². The smallest absolute Gasteiger partial charge is 0.181 e. The Bertz CT molecular complexity index is 519. The first-order chi connectivity index (χ1) is 8.08. The summed E-state index contributed by atoms with van der Waals surface area (Å²) in [5, 5.41) is 4.30. The number of hydrogen-bond donors (Lipinski definition) is 1. The lowest BCUT2D eigenvalue weighted by molar-refractivity contribution is 0.218. The fourth-order valence-corrected chi connectivity index (χ4v) is 1.77. The third kappa shape index (κ3) is 2.61. The van der Waals surface area contributed by atoms with Crippen molar-refractivity contribution in [2.24, 2.45) is 0 Å². The molecule has 0 saturated carbocycles. The zero-order chi connectivity index (χ0) is 12.4. The number of benzene rings is 1. The molecule has 0 aliphatic rings. The Labute approximate surface area is 109 Å². The normalized spacial score (nSPS) is 10.5. The molecular weight excluding hydrogens is 282 g/mol. The van der Waals surface area contributed by atoms with Gasteiger partial charge in [-0.1, -0.05) is 15.9 Å². The van der Waals surface area contributed by atoms with Crippen LogP contribution in [0.5, 0.6) is 5.75 Å². The Kier molecular flexibility index (Phi) is 3.38. The molecule has 0 atom stereocenters. The van der Waals surface area contributed by atoms with E-state index in [-0.39, 0.29) is 0 Å². The van der Waals surface area contributed by atoms with Crippen LogP contribution in [-0.4, -0.2) is 9.78 Å². The minimum Gasteiger partial charge on any atom is -0.471 e. The van der Waals surface area contributed by atoms with Gasteiger partial charge in [-0.2, -0.15) is 5.10 Å². The van der Waals surface area contributed by atoms with Gasteiger partial charge in [0, 0.05) is 4.47 Å². The highest BCUT2D eigenvalue weighted by atomic mass is 79.9. The Balaban J connectivity index is 2.07. The van der Waals surface area contributed by atoms with Crippen LogP contribution in [-0.2, 0) is 6.73 Å². The minimum atomic E-state index is 0.367. The summed E-state index contributed by atoms with van der Waals surface area (Å²) < 4.78 is 8.40. The molecule has 0 unspecified atom stereocenters. The van der Waals surface area contributed by atoms with E-state index in [4.69, 9.17) is 10.5 Å². The van der Waals surface area contributed by atoms with Crippen LogP contribution >= 0.6 is 15.9 Å². The molecule has 1 heterocycles. The molecule has 0 radical (unpaired) electrons. The van der Waals surface area contributed by atoms with Gasteiger partial charge in [-0.25, -0.2) is 4.68 Å². The van der Waals surface area contributed by atoms with Gasteiger partial charge in [0.15, 0.2) is 6.73 Å². The molecule has 17 heavy (non-hydrogen) atoms. The number of aryl methyl sites for hydroxylation is 1. The summed E-state index contributed by atoms with van der Waals surface area (Å²) in [6.45, 7) is 4.18. The van der Waals surface area contributed by atoms with E-state index in [2.05, 4.69) is 21.0 Å². The van der Waals surface area contributed by atoms with E-state index in [1.165, 1.54) is 0 Å². The first kappa shape index (κ1) is 12.0. The monoisotopic (exact) mass is 295 g/mol. The molecule has 4 nitrogen and oxygen atoms in total. The summed E-state index contributed by atoms with van der Waals surface area (Å²) >= 11 is 3.38. The van der Waals surface area contributed by atoms with Crippen LogP contribution in [0, 0.1) is 13.8 Å². The van der Waals surface area contributed by atoms with Gasteiger partial charge in [-0.15, -0.1) is 0 Å². The van der Waals surface area contributed by atoms with Gasteiger partial charge < -0.3 is 10.5 Å². The minimum absolute atomic E-state index is 0.367. The first-order valence-electron chi connectivity index (χ1n) is 5.26. The zero-order valence-corrected chi connectivity index (χ0v) is 11.4. The van der Waals surface area contributed by atoms with Gasteiger partial charge in [0.05, 0.1) is 17.1 Å². The van der Waals surface area contributed by atoms with Crippen molar-refractivity contribution < 1.29 is 4.74 Å². The van der Waals surface area contributed by atoms with Crippen LogP contribution in [0.2, 0.25) is 0 Å². The zero-order valence-electron chi connectivity index (χ0n) is 9.77. The third-order valence-electron chi connectivity index (χ3n) is 2.60. The molecule has 0 aliphatic heterocycles. The SMILES string of the molecule is Cc1nn(COc2ccc(Br)cc2)c(C)c1N. The third-order valence-corrected chi connectivity index (χ3v) is 3.13. The predicted molar refractivity (Wildman–Crippen MR) is 70.9 cm³/mol. The van der Waals surface area contributed by atoms with Crippen molar-refractivity contribution >= 4 is 21.6 Å². The number of halogens is 1. The molecule has 0 fully saturated rings. The molecule has 1 aromatic carbocycles. The Morgan fingerprint density at radius 1 is 1.29 bits per heavy atom. The molecule has 2 rings (SSSR count). The molecule has 0 bridgehead atoms. The summed E-state index contributed by atoms with van der Waals surface area (Å²) in [6.07, 6.45) is 0. The van der Waals surface area contributed by atoms with Crippen molar-refractivity contribution in [3.8, 4) is 5.75 Å². The number of anilines is 1. The summed E-state index contributed by atoms with van der Waals surface area (Å²) in [6, 6.07) is 7.67. The molecule has 2 aromatic rings. The summed E-state index contributed by atoms with van der Waals surface area (Å²) in [4.78, 5) is 0. The largest absolute Gasteiger partial charge is 0.471 e. The van der Waals surface area contributed by atoms with Gasteiger partial charge in [0.1, 0.15) is 5.75 Å². The highest BCUT2D eigenvalue weighted by Gasteiger charge is 2.07. The average Bonchev–Trinajstić information content (AvgIpc) is 2.56. The van der Waals surface area contributed by atoms with Crippen molar-refractivity contribution in [1.29, 1.82) is 0 Å². The van der Waals surface area contributed by atoms with E-state index < -0.39 is 0 Å². The maximum absolute atomic E-state index is 5.85. The van der Waals surface area contributed by atoms with Crippen molar-refractivity contribution in [2.45, 2.75) is 20.6 Å². The lowest BCUT2D eigenvalue weighted by Crippen LogP contribution is -2.08. The number of ether oxygens (including phenoxy) is 1. The van der Waals surface area contributed by atoms with Gasteiger partial charge in [0.25, 0.3) is 0 Å². The highest BCUT2D eigenvalue weighted by molar-refractivity contribution is 9.10. The molecule has 0 spiro atoms. The first-order valence-corrected chi connectivity index (χ1v) is 6.05. The molecule has 2 N–H and O–H groups in total. The van der Waals surface area contributed by atoms with Crippen molar-refractivity contribution in [3.63, 3.8) is 0 Å². The van der Waals surface area contributed by atoms with E-state index >= 15 is 0 Å². The summed E-state index contributed by atoms with van der Waals surface area (Å²) in [5.41, 5.74) is 8.34. The molecule has 0 aliphatic carbocycles. The number of nitrogen functional groups attached to an aromatic ring is 1. The van der Waals surface area contributed by atoms with Crippen molar-refractivity contribution in [1.82, 2.24) is 9.78 Å². The molecule has 1 aromatic heterocycles. The number of rotatable bonds is 3. The number of aromatic nitrogens is 2. The van der Waals surface area contributed by atoms with Gasteiger partial charge >= 0.3 is 0 Å². The van der Waals surface area contributed by atoms with Crippen molar-refractivity contribution in [2.75, 3.05) is 5.73 Å². The van der Waals surface area contributed by atoms with Crippen molar-refractivity contribution in [3.05, 3.63) is 40.1 Å². The Morgan fingerprint density at radius 3 is 2.47 bits per heavy atom. The van der Waals surface area contributed by atoms with E-state index in [0.717, 1.165) is 27.3 Å². The van der Waals surface area contributed by atoms with E-state index in [1.54, 1.807) is 4.68 Å². The average molecular weight is 296 g/mol. The molecular formula is C12H14BrN3O. The highest BCUT2D eigenvalue weighted by Crippen LogP contribution is 2.18. The standard InChI is InChI=1S/C12H14BrN3O/c1-8-12(14)9(2)16(15-8)7-17-11-5-3-10(13)4-6-11/h3-6H,7,14H2,1-2H3. The van der Waals surface area contributed by atoms with Crippen LogP contribution in [0.1, 0.15) is 11.4 Å². The van der Waals surface area contributed by atoms with Crippen LogP contribution in [0.15, 0.2) is 28.7 Å². The quantitative estimate of drug-likeness (QED) is 0.947. The van der Waals surface area contributed by atoms with Crippen LogP contribution in [0.25, 0.3) is 0 Å². The summed E-state index contributed by atoms with van der Waals surface area (Å²) in [7, 11) is 0. The van der Waals surface area contributed by atoms with Gasteiger partial charge in [0.2, 0.25) is 0 Å².